The molecule has 0 aromatic heterocycles. The number of hydrogen-bond acceptors (Lipinski definition) is 2. The summed E-state index contributed by atoms with van der Waals surface area (Å²) in [6.45, 7) is 1.63. The molecular weight excluding hydrogens is 393 g/mol. The third kappa shape index (κ3) is 3.95. The molecule has 0 fully saturated rings. The molecule has 1 aliphatic carbocycles. The van der Waals surface area contributed by atoms with Crippen LogP contribution in [0.1, 0.15) is 48.4 Å². The van der Waals surface area contributed by atoms with Crippen LogP contribution in [0.5, 0.6) is 0 Å². The Bertz CT molecular complexity index is 809. The fourth-order valence-corrected chi connectivity index (χ4v) is 3.98. The van der Waals surface area contributed by atoms with Gasteiger partial charge in [-0.1, -0.05) is 65.1 Å². The number of ether oxygens (including phenoxy) is 1. The lowest BCUT2D eigenvalue weighted by atomic mass is 9.76. The van der Waals surface area contributed by atoms with Crippen molar-refractivity contribution in [1.82, 2.24) is 4.90 Å². The minimum absolute atomic E-state index is 0.0480. The molecule has 0 spiro atoms. The number of benzene rings is 2. The molecule has 0 saturated carbocycles. The molecular formula is C20H20Cl3NO2. The molecule has 0 aliphatic heterocycles. The first-order chi connectivity index (χ1) is 12.4. The van der Waals surface area contributed by atoms with Crippen LogP contribution in [0.4, 0.5) is 4.79 Å². The van der Waals surface area contributed by atoms with Crippen molar-refractivity contribution in [3.63, 3.8) is 0 Å². The Labute approximate surface area is 168 Å². The van der Waals surface area contributed by atoms with E-state index in [-0.39, 0.29) is 12.0 Å². The van der Waals surface area contributed by atoms with Crippen LogP contribution in [0.25, 0.3) is 0 Å². The van der Waals surface area contributed by atoms with Crippen LogP contribution in [-0.2, 0) is 4.74 Å². The Morgan fingerprint density at radius 1 is 1.12 bits per heavy atom. The maximum Gasteiger partial charge on any atom is 0.411 e. The van der Waals surface area contributed by atoms with Crippen molar-refractivity contribution < 1.29 is 9.53 Å². The Morgan fingerprint density at radius 3 is 2.46 bits per heavy atom. The van der Waals surface area contributed by atoms with Gasteiger partial charge in [0, 0.05) is 13.0 Å². The smallest absolute Gasteiger partial charge is 0.411 e. The van der Waals surface area contributed by atoms with Crippen molar-refractivity contribution in [3.8, 4) is 0 Å². The normalized spacial score (nSPS) is 20.2. The van der Waals surface area contributed by atoms with Crippen molar-refractivity contribution in [2.45, 2.75) is 37.3 Å². The summed E-state index contributed by atoms with van der Waals surface area (Å²) in [7, 11) is 1.75. The molecule has 0 saturated heterocycles. The highest BCUT2D eigenvalue weighted by molar-refractivity contribution is 6.42. The number of fused-ring (bicyclic) bond motifs is 1. The topological polar surface area (TPSA) is 29.5 Å². The van der Waals surface area contributed by atoms with Crippen LogP contribution in [0.3, 0.4) is 0 Å². The van der Waals surface area contributed by atoms with Crippen molar-refractivity contribution >= 4 is 40.9 Å². The van der Waals surface area contributed by atoms with Gasteiger partial charge in [0.25, 0.3) is 0 Å². The Kier molecular flexibility index (Phi) is 6.01. The third-order valence-corrected chi connectivity index (χ3v) is 5.65. The summed E-state index contributed by atoms with van der Waals surface area (Å²) in [6, 6.07) is 13.9. The molecule has 2 aromatic carbocycles. The number of carbonyl (C=O) groups is 1. The second-order valence-corrected chi connectivity index (χ2v) is 7.91. The minimum atomic E-state index is -0.659. The fraction of sp³-hybridized carbons (Fsp3) is 0.350. The van der Waals surface area contributed by atoms with Gasteiger partial charge in [-0.15, -0.1) is 0 Å². The summed E-state index contributed by atoms with van der Waals surface area (Å²) in [5.74, 6) is 0.216. The lowest BCUT2D eigenvalue weighted by molar-refractivity contribution is 0.0868. The first-order valence-corrected chi connectivity index (χ1v) is 9.69. The molecule has 6 heteroatoms. The molecule has 3 atom stereocenters. The van der Waals surface area contributed by atoms with Crippen LogP contribution in [0.2, 0.25) is 10.0 Å². The van der Waals surface area contributed by atoms with E-state index >= 15 is 0 Å². The molecule has 0 N–H and O–H groups in total. The number of alkyl halides is 1. The Balaban J connectivity index is 1.93. The van der Waals surface area contributed by atoms with Gasteiger partial charge in [0.1, 0.15) is 0 Å². The average molecular weight is 413 g/mol. The van der Waals surface area contributed by atoms with E-state index in [1.807, 2.05) is 30.3 Å². The number of halogens is 3. The second kappa shape index (κ2) is 8.08. The quantitative estimate of drug-likeness (QED) is 0.531. The van der Waals surface area contributed by atoms with Gasteiger partial charge < -0.3 is 9.64 Å². The highest BCUT2D eigenvalue weighted by Gasteiger charge is 2.33. The van der Waals surface area contributed by atoms with E-state index in [1.54, 1.807) is 18.9 Å². The summed E-state index contributed by atoms with van der Waals surface area (Å²) in [5, 5.41) is 1.11. The van der Waals surface area contributed by atoms with Gasteiger partial charge >= 0.3 is 6.09 Å². The largest absolute Gasteiger partial charge is 0.430 e. The first kappa shape index (κ1) is 19.3. The van der Waals surface area contributed by atoms with Gasteiger partial charge in [-0.05, 0) is 48.6 Å². The van der Waals surface area contributed by atoms with Crippen molar-refractivity contribution in [1.29, 1.82) is 0 Å². The van der Waals surface area contributed by atoms with Gasteiger partial charge in [0.15, 0.2) is 5.56 Å². The standard InChI is InChI=1S/C20H20Cl3NO2/c1-12(21)26-20(25)24(2)19-10-8-14(15-5-3-4-6-16(15)19)13-7-9-17(22)18(23)11-13/h3-7,9,11-12,14,19H,8,10H2,1-2H3/t12?,14?,19-/m0/s1. The van der Waals surface area contributed by atoms with Crippen molar-refractivity contribution in [2.24, 2.45) is 0 Å². The number of rotatable bonds is 3. The van der Waals surface area contributed by atoms with Gasteiger partial charge in [0.05, 0.1) is 16.1 Å². The lowest BCUT2D eigenvalue weighted by Gasteiger charge is -2.36. The summed E-state index contributed by atoms with van der Waals surface area (Å²) >= 11 is 18.1. The van der Waals surface area contributed by atoms with Crippen LogP contribution in [0.15, 0.2) is 42.5 Å². The molecule has 3 rings (SSSR count). The molecule has 0 bridgehead atoms. The average Bonchev–Trinajstić information content (AvgIpc) is 2.62. The van der Waals surface area contributed by atoms with E-state index in [0.717, 1.165) is 24.0 Å². The van der Waals surface area contributed by atoms with Crippen LogP contribution < -0.4 is 0 Å². The van der Waals surface area contributed by atoms with E-state index < -0.39 is 11.7 Å². The highest BCUT2D eigenvalue weighted by Crippen LogP contribution is 2.44. The van der Waals surface area contributed by atoms with E-state index in [4.69, 9.17) is 39.5 Å². The van der Waals surface area contributed by atoms with E-state index in [2.05, 4.69) is 12.1 Å². The maximum absolute atomic E-state index is 12.3. The van der Waals surface area contributed by atoms with Crippen LogP contribution >= 0.6 is 34.8 Å². The Morgan fingerprint density at radius 2 is 1.81 bits per heavy atom. The SMILES string of the molecule is CC(Cl)OC(=O)N(C)[C@H]1CCC(c2ccc(Cl)c(Cl)c2)c2ccccc21. The van der Waals surface area contributed by atoms with Crippen LogP contribution in [-0.4, -0.2) is 23.6 Å². The molecule has 138 valence electrons. The van der Waals surface area contributed by atoms with E-state index in [1.165, 1.54) is 5.56 Å². The summed E-state index contributed by atoms with van der Waals surface area (Å²) in [5.41, 5.74) is 2.79. The predicted molar refractivity (Wildman–Crippen MR) is 106 cm³/mol. The summed E-state index contributed by atoms with van der Waals surface area (Å²) < 4.78 is 5.14. The highest BCUT2D eigenvalue weighted by atomic mass is 35.5. The molecule has 2 aromatic rings. The minimum Gasteiger partial charge on any atom is -0.430 e. The van der Waals surface area contributed by atoms with Crippen molar-refractivity contribution in [3.05, 3.63) is 69.2 Å². The number of nitrogens with zero attached hydrogens (tertiary/aromatic N) is 1. The molecule has 0 radical (unpaired) electrons. The zero-order chi connectivity index (χ0) is 18.8. The molecule has 1 aliphatic rings. The van der Waals surface area contributed by atoms with Gasteiger partial charge in [-0.2, -0.15) is 0 Å². The lowest BCUT2D eigenvalue weighted by Crippen LogP contribution is -2.35. The van der Waals surface area contributed by atoms with Gasteiger partial charge in [-0.25, -0.2) is 4.79 Å². The summed E-state index contributed by atoms with van der Waals surface area (Å²) in [6.07, 6.45) is 1.30. The molecule has 0 heterocycles. The zero-order valence-electron chi connectivity index (χ0n) is 14.6. The third-order valence-electron chi connectivity index (χ3n) is 4.82. The molecule has 26 heavy (non-hydrogen) atoms. The number of amides is 1. The van der Waals surface area contributed by atoms with Crippen molar-refractivity contribution in [2.75, 3.05) is 7.05 Å². The van der Waals surface area contributed by atoms with E-state index in [9.17, 15) is 4.79 Å². The van der Waals surface area contributed by atoms with Crippen LogP contribution in [0, 0.1) is 0 Å². The predicted octanol–water partition coefficient (Wildman–Crippen LogP) is 6.61. The molecule has 2 unspecified atom stereocenters. The van der Waals surface area contributed by atoms with Gasteiger partial charge in [0.2, 0.25) is 0 Å². The number of carbonyl (C=O) groups excluding carboxylic acids is 1. The molecule has 1 amide bonds. The second-order valence-electron chi connectivity index (χ2n) is 6.49. The zero-order valence-corrected chi connectivity index (χ0v) is 16.9. The summed E-state index contributed by atoms with van der Waals surface area (Å²) in [4.78, 5) is 13.9. The monoisotopic (exact) mass is 411 g/mol. The fourth-order valence-electron chi connectivity index (χ4n) is 3.59. The Hall–Kier alpha value is -1.42. The molecule has 3 nitrogen and oxygen atoms in total. The first-order valence-electron chi connectivity index (χ1n) is 8.49. The number of hydrogen-bond donors (Lipinski definition) is 0. The van der Waals surface area contributed by atoms with E-state index in [0.29, 0.717) is 10.0 Å². The maximum atomic E-state index is 12.3. The van der Waals surface area contributed by atoms with Gasteiger partial charge in [-0.3, -0.25) is 0 Å².